The van der Waals surface area contributed by atoms with Gasteiger partial charge >= 0.3 is 6.18 Å². The number of hydrogen-bond donors (Lipinski definition) is 0. The molecule has 9 heteroatoms. The van der Waals surface area contributed by atoms with Gasteiger partial charge in [-0.25, -0.2) is 0 Å². The molecule has 0 bridgehead atoms. The second-order valence-electron chi connectivity index (χ2n) is 4.62. The number of halogens is 3. The molecule has 0 saturated heterocycles. The van der Waals surface area contributed by atoms with Crippen molar-refractivity contribution in [1.82, 2.24) is 19.5 Å². The zero-order chi connectivity index (χ0) is 15.8. The lowest BCUT2D eigenvalue weighted by Crippen LogP contribution is -2.29. The summed E-state index contributed by atoms with van der Waals surface area (Å²) in [6.07, 6.45) is -3.50. The maximum Gasteiger partial charge on any atom is 0.417 e. The summed E-state index contributed by atoms with van der Waals surface area (Å²) in [5.41, 5.74) is -0.488. The Labute approximate surface area is 123 Å². The van der Waals surface area contributed by atoms with Gasteiger partial charge < -0.3 is 4.90 Å². The first-order valence-electron chi connectivity index (χ1n) is 6.00. The molecule has 1 amide bonds. The molecule has 0 unspecified atom stereocenters. The lowest BCUT2D eigenvalue weighted by Gasteiger charge is -2.15. The second kappa shape index (κ2) is 5.55. The zero-order valence-electron chi connectivity index (χ0n) is 11.5. The summed E-state index contributed by atoms with van der Waals surface area (Å²) in [5.74, 6) is -0.149. The Kier molecular flexibility index (Phi) is 4.13. The van der Waals surface area contributed by atoms with Crippen LogP contribution < -0.4 is 0 Å². The number of fused-ring (bicyclic) bond motifs is 1. The average molecular weight is 318 g/mol. The van der Waals surface area contributed by atoms with E-state index in [0.29, 0.717) is 5.65 Å². The van der Waals surface area contributed by atoms with Gasteiger partial charge in [0, 0.05) is 20.3 Å². The van der Waals surface area contributed by atoms with Crippen LogP contribution in [-0.4, -0.2) is 44.8 Å². The van der Waals surface area contributed by atoms with Crippen molar-refractivity contribution < 1.29 is 18.0 Å². The van der Waals surface area contributed by atoms with Crippen LogP contribution in [0, 0.1) is 0 Å². The summed E-state index contributed by atoms with van der Waals surface area (Å²) in [4.78, 5) is 13.2. The SMILES string of the molecule is C[C@@H](Sc1nnc2ccc(C(F)(F)F)cn12)C(=O)N(C)C. The van der Waals surface area contributed by atoms with Crippen molar-refractivity contribution in [3.05, 3.63) is 23.9 Å². The molecule has 0 fully saturated rings. The first kappa shape index (κ1) is 15.6. The molecule has 0 N–H and O–H groups in total. The van der Waals surface area contributed by atoms with E-state index >= 15 is 0 Å². The molecule has 0 aliphatic heterocycles. The van der Waals surface area contributed by atoms with Crippen LogP contribution in [0.15, 0.2) is 23.5 Å². The molecule has 114 valence electrons. The number of carbonyl (C=O) groups is 1. The second-order valence-corrected chi connectivity index (χ2v) is 5.93. The predicted molar refractivity (Wildman–Crippen MR) is 72.0 cm³/mol. The van der Waals surface area contributed by atoms with E-state index in [-0.39, 0.29) is 11.1 Å². The molecule has 2 aromatic rings. The van der Waals surface area contributed by atoms with E-state index in [1.165, 1.54) is 15.4 Å². The summed E-state index contributed by atoms with van der Waals surface area (Å²) < 4.78 is 39.4. The van der Waals surface area contributed by atoms with E-state index < -0.39 is 17.0 Å². The van der Waals surface area contributed by atoms with E-state index in [2.05, 4.69) is 10.2 Å². The molecule has 2 rings (SSSR count). The third kappa shape index (κ3) is 3.29. The lowest BCUT2D eigenvalue weighted by atomic mass is 10.3. The smallest absolute Gasteiger partial charge is 0.348 e. The van der Waals surface area contributed by atoms with Crippen molar-refractivity contribution in [3.8, 4) is 0 Å². The standard InChI is InChI=1S/C12H13F3N4OS/c1-7(10(20)18(2)3)21-11-17-16-9-5-4-8(6-19(9)11)12(13,14)15/h4-7H,1-3H3/t7-/m1/s1. The number of nitrogens with zero attached hydrogens (tertiary/aromatic N) is 4. The third-order valence-corrected chi connectivity index (χ3v) is 3.81. The fraction of sp³-hybridized carbons (Fsp3) is 0.417. The van der Waals surface area contributed by atoms with E-state index in [0.717, 1.165) is 24.0 Å². The molecule has 21 heavy (non-hydrogen) atoms. The van der Waals surface area contributed by atoms with Crippen molar-refractivity contribution >= 4 is 23.3 Å². The lowest BCUT2D eigenvalue weighted by molar-refractivity contribution is -0.138. The molecule has 0 aromatic carbocycles. The Morgan fingerprint density at radius 3 is 2.57 bits per heavy atom. The fourth-order valence-corrected chi connectivity index (χ4v) is 2.67. The Morgan fingerprint density at radius 2 is 2.00 bits per heavy atom. The predicted octanol–water partition coefficient (Wildman–Crippen LogP) is 2.32. The topological polar surface area (TPSA) is 50.5 Å². The Hall–Kier alpha value is -1.77. The molecule has 0 saturated carbocycles. The van der Waals surface area contributed by atoms with Gasteiger partial charge in [-0.3, -0.25) is 9.20 Å². The minimum atomic E-state index is -4.44. The van der Waals surface area contributed by atoms with Crippen molar-refractivity contribution in [2.75, 3.05) is 14.1 Å². The number of carbonyl (C=O) groups excluding carboxylic acids is 1. The maximum absolute atomic E-state index is 12.7. The number of amides is 1. The molecule has 5 nitrogen and oxygen atoms in total. The number of pyridine rings is 1. The van der Waals surface area contributed by atoms with Gasteiger partial charge in [0.05, 0.1) is 10.8 Å². The highest BCUT2D eigenvalue weighted by Crippen LogP contribution is 2.30. The van der Waals surface area contributed by atoms with E-state index in [9.17, 15) is 18.0 Å². The Balaban J connectivity index is 2.35. The summed E-state index contributed by atoms with van der Waals surface area (Å²) in [6.45, 7) is 1.67. The van der Waals surface area contributed by atoms with E-state index in [1.54, 1.807) is 21.0 Å². The molecule has 0 aliphatic carbocycles. The summed E-state index contributed by atoms with van der Waals surface area (Å²) in [6, 6.07) is 2.20. The molecular formula is C12H13F3N4OS. The number of rotatable bonds is 3. The number of hydrogen-bond acceptors (Lipinski definition) is 4. The first-order valence-corrected chi connectivity index (χ1v) is 6.88. The van der Waals surface area contributed by atoms with Gasteiger partial charge in [-0.2, -0.15) is 13.2 Å². The largest absolute Gasteiger partial charge is 0.417 e. The van der Waals surface area contributed by atoms with Gasteiger partial charge in [0.25, 0.3) is 0 Å². The molecule has 2 aromatic heterocycles. The highest BCUT2D eigenvalue weighted by molar-refractivity contribution is 8.00. The van der Waals surface area contributed by atoms with Crippen molar-refractivity contribution in [2.24, 2.45) is 0 Å². The molecule has 1 atom stereocenters. The highest BCUT2D eigenvalue weighted by Gasteiger charge is 2.31. The number of aromatic nitrogens is 3. The van der Waals surface area contributed by atoms with Crippen molar-refractivity contribution in [3.63, 3.8) is 0 Å². The molecule has 2 heterocycles. The maximum atomic E-state index is 12.7. The zero-order valence-corrected chi connectivity index (χ0v) is 12.4. The van der Waals surface area contributed by atoms with Crippen LogP contribution in [0.2, 0.25) is 0 Å². The minimum Gasteiger partial charge on any atom is -0.348 e. The number of thioether (sulfide) groups is 1. The Bertz CT molecular complexity index is 668. The normalized spacial score (nSPS) is 13.4. The third-order valence-electron chi connectivity index (χ3n) is 2.77. The van der Waals surface area contributed by atoms with Crippen LogP contribution in [0.5, 0.6) is 0 Å². The van der Waals surface area contributed by atoms with Gasteiger partial charge in [-0.1, -0.05) is 11.8 Å². The van der Waals surface area contributed by atoms with E-state index in [4.69, 9.17) is 0 Å². The summed E-state index contributed by atoms with van der Waals surface area (Å²) in [7, 11) is 3.23. The van der Waals surface area contributed by atoms with Gasteiger partial charge in [-0.15, -0.1) is 10.2 Å². The van der Waals surface area contributed by atoms with Crippen LogP contribution in [0.4, 0.5) is 13.2 Å². The first-order chi connectivity index (χ1) is 9.70. The molecule has 0 radical (unpaired) electrons. The fourth-order valence-electron chi connectivity index (χ4n) is 1.69. The van der Waals surface area contributed by atoms with Crippen molar-refractivity contribution in [1.29, 1.82) is 0 Å². The van der Waals surface area contributed by atoms with Crippen LogP contribution >= 0.6 is 11.8 Å². The van der Waals surface area contributed by atoms with Crippen LogP contribution in [0.25, 0.3) is 5.65 Å². The van der Waals surface area contributed by atoms with Crippen LogP contribution in [-0.2, 0) is 11.0 Å². The Morgan fingerprint density at radius 1 is 1.33 bits per heavy atom. The van der Waals surface area contributed by atoms with Gasteiger partial charge in [0.1, 0.15) is 0 Å². The highest BCUT2D eigenvalue weighted by atomic mass is 32.2. The van der Waals surface area contributed by atoms with Crippen LogP contribution in [0.1, 0.15) is 12.5 Å². The summed E-state index contributed by atoms with van der Waals surface area (Å²) >= 11 is 1.07. The number of alkyl halides is 3. The molecule has 0 spiro atoms. The summed E-state index contributed by atoms with van der Waals surface area (Å²) in [5, 5.41) is 7.42. The van der Waals surface area contributed by atoms with Gasteiger partial charge in [0.15, 0.2) is 10.8 Å². The quantitative estimate of drug-likeness (QED) is 0.815. The minimum absolute atomic E-state index is 0.149. The van der Waals surface area contributed by atoms with Gasteiger partial charge in [-0.05, 0) is 19.1 Å². The van der Waals surface area contributed by atoms with Gasteiger partial charge in [0.2, 0.25) is 5.91 Å². The van der Waals surface area contributed by atoms with Crippen LogP contribution in [0.3, 0.4) is 0 Å². The average Bonchev–Trinajstić information content (AvgIpc) is 2.79. The molecule has 0 aliphatic rings. The monoisotopic (exact) mass is 318 g/mol. The van der Waals surface area contributed by atoms with Crippen molar-refractivity contribution in [2.45, 2.75) is 23.5 Å². The molecular weight excluding hydrogens is 305 g/mol. The van der Waals surface area contributed by atoms with E-state index in [1.807, 2.05) is 0 Å².